The van der Waals surface area contributed by atoms with E-state index in [0.717, 1.165) is 52.6 Å². The maximum atomic E-state index is 13.9. The largest absolute Gasteiger partial charge is 0.351 e. The number of pyridine rings is 1. The fourth-order valence-corrected chi connectivity index (χ4v) is 5.49. The summed E-state index contributed by atoms with van der Waals surface area (Å²) >= 11 is 1.55. The molecule has 1 aliphatic carbocycles. The van der Waals surface area contributed by atoms with E-state index in [1.54, 1.807) is 28.6 Å². The summed E-state index contributed by atoms with van der Waals surface area (Å²) in [4.78, 5) is 34.6. The monoisotopic (exact) mass is 469 g/mol. The van der Waals surface area contributed by atoms with Crippen LogP contribution in [0.25, 0.3) is 10.8 Å². The van der Waals surface area contributed by atoms with Crippen LogP contribution in [0.2, 0.25) is 0 Å². The lowest BCUT2D eigenvalue weighted by Crippen LogP contribution is -2.47. The van der Waals surface area contributed by atoms with Gasteiger partial charge in [0.25, 0.3) is 0 Å². The highest BCUT2D eigenvalue weighted by Gasteiger charge is 2.35. The van der Waals surface area contributed by atoms with Gasteiger partial charge >= 0.3 is 0 Å². The minimum absolute atomic E-state index is 0.109. The third-order valence-electron chi connectivity index (χ3n) is 6.43. The topological polar surface area (TPSA) is 62.3 Å². The predicted octanol–water partition coefficient (Wildman–Crippen LogP) is 5.67. The number of fused-ring (bicyclic) bond motifs is 1. The number of carbonyl (C=O) groups is 2. The summed E-state index contributed by atoms with van der Waals surface area (Å²) in [6, 6.07) is 20.8. The zero-order chi connectivity index (χ0) is 23.3. The number of hydrogen-bond donors (Lipinski definition) is 1. The van der Waals surface area contributed by atoms with Crippen LogP contribution in [0.1, 0.15) is 42.2 Å². The second kappa shape index (κ2) is 10.2. The fraction of sp³-hybridized carbons (Fsp3) is 0.250. The molecule has 2 aromatic heterocycles. The highest BCUT2D eigenvalue weighted by atomic mass is 32.1. The lowest BCUT2D eigenvalue weighted by molar-refractivity contribution is -0.126. The van der Waals surface area contributed by atoms with E-state index in [4.69, 9.17) is 0 Å². The van der Waals surface area contributed by atoms with E-state index < -0.39 is 6.04 Å². The molecule has 6 heteroatoms. The first-order chi connectivity index (χ1) is 16.7. The van der Waals surface area contributed by atoms with Crippen molar-refractivity contribution in [1.29, 1.82) is 0 Å². The van der Waals surface area contributed by atoms with Gasteiger partial charge in [-0.15, -0.1) is 11.3 Å². The summed E-state index contributed by atoms with van der Waals surface area (Å²) in [5.74, 6) is -0.257. The maximum Gasteiger partial charge on any atom is 0.248 e. The molecule has 0 bridgehead atoms. The van der Waals surface area contributed by atoms with Crippen molar-refractivity contribution in [2.24, 2.45) is 0 Å². The number of anilines is 1. The van der Waals surface area contributed by atoms with Gasteiger partial charge in [-0.25, -0.2) is 0 Å². The molecule has 4 aromatic rings. The van der Waals surface area contributed by atoms with Crippen LogP contribution >= 0.6 is 11.3 Å². The lowest BCUT2D eigenvalue weighted by atomic mass is 10.0. The second-order valence-corrected chi connectivity index (χ2v) is 9.72. The fourth-order valence-electron chi connectivity index (χ4n) is 4.80. The Hall–Kier alpha value is -3.51. The summed E-state index contributed by atoms with van der Waals surface area (Å²) < 4.78 is 0. The van der Waals surface area contributed by atoms with Crippen LogP contribution in [0.15, 0.2) is 84.5 Å². The second-order valence-electron chi connectivity index (χ2n) is 8.69. The summed E-state index contributed by atoms with van der Waals surface area (Å²) in [7, 11) is 0. The number of nitrogens with zero attached hydrogens (tertiary/aromatic N) is 2. The van der Waals surface area contributed by atoms with E-state index in [1.165, 1.54) is 0 Å². The first kappa shape index (κ1) is 22.3. The molecule has 0 radical (unpaired) electrons. The summed E-state index contributed by atoms with van der Waals surface area (Å²) in [5.41, 5.74) is 1.49. The third-order valence-corrected chi connectivity index (χ3v) is 7.31. The molecule has 5 rings (SSSR count). The molecule has 34 heavy (non-hydrogen) atoms. The molecule has 1 fully saturated rings. The van der Waals surface area contributed by atoms with Gasteiger partial charge in [0.15, 0.2) is 0 Å². The summed E-state index contributed by atoms with van der Waals surface area (Å²) in [6.45, 7) is 0. The number of benzene rings is 2. The van der Waals surface area contributed by atoms with Crippen molar-refractivity contribution in [3.63, 3.8) is 0 Å². The summed E-state index contributed by atoms with van der Waals surface area (Å²) in [6.07, 6.45) is 7.79. The van der Waals surface area contributed by atoms with Gasteiger partial charge in [0.05, 0.1) is 12.1 Å². The van der Waals surface area contributed by atoms with Gasteiger partial charge in [0.2, 0.25) is 11.8 Å². The first-order valence-corrected chi connectivity index (χ1v) is 12.6. The normalized spacial score (nSPS) is 14.7. The van der Waals surface area contributed by atoms with Gasteiger partial charge in [0.1, 0.15) is 6.04 Å². The van der Waals surface area contributed by atoms with Crippen LogP contribution in [0.3, 0.4) is 0 Å². The van der Waals surface area contributed by atoms with E-state index in [1.807, 2.05) is 72.1 Å². The van der Waals surface area contributed by atoms with Gasteiger partial charge in [-0.05, 0) is 53.4 Å². The van der Waals surface area contributed by atoms with Crippen molar-refractivity contribution in [2.75, 3.05) is 4.90 Å². The van der Waals surface area contributed by atoms with Gasteiger partial charge in [-0.3, -0.25) is 19.5 Å². The Morgan fingerprint density at radius 3 is 2.50 bits per heavy atom. The molecule has 2 amide bonds. The minimum Gasteiger partial charge on any atom is -0.351 e. The average Bonchev–Trinajstić information content (AvgIpc) is 3.57. The van der Waals surface area contributed by atoms with E-state index in [2.05, 4.69) is 10.3 Å². The van der Waals surface area contributed by atoms with Gasteiger partial charge < -0.3 is 5.32 Å². The lowest BCUT2D eigenvalue weighted by Gasteiger charge is -2.33. The number of amides is 2. The number of hydrogen-bond acceptors (Lipinski definition) is 4. The quantitative estimate of drug-likeness (QED) is 0.379. The number of carbonyl (C=O) groups excluding carboxylic acids is 2. The molecule has 0 saturated heterocycles. The highest BCUT2D eigenvalue weighted by Crippen LogP contribution is 2.35. The van der Waals surface area contributed by atoms with Gasteiger partial charge in [0, 0.05) is 28.7 Å². The molecule has 0 spiro atoms. The van der Waals surface area contributed by atoms with E-state index >= 15 is 0 Å². The number of thiophene rings is 1. The average molecular weight is 470 g/mol. The van der Waals surface area contributed by atoms with E-state index in [9.17, 15) is 9.59 Å². The Balaban J connectivity index is 1.63. The van der Waals surface area contributed by atoms with Gasteiger partial charge in [-0.1, -0.05) is 55.3 Å². The molecule has 5 nitrogen and oxygen atoms in total. The standard InChI is InChI=1S/C28H27N3O2S/c32-26(19-23-11-6-18-34-23)31(25-13-5-8-20-7-1-4-12-24(20)25)27(21-14-16-29-17-15-21)28(33)30-22-9-2-3-10-22/h1,4-8,11-18,22,27H,2-3,9-10,19H2,(H,30,33)/t27-/m1/s1. The molecule has 1 saturated carbocycles. The van der Waals surface area contributed by atoms with Crippen LogP contribution in [0.4, 0.5) is 5.69 Å². The first-order valence-electron chi connectivity index (χ1n) is 11.7. The SMILES string of the molecule is O=C(NC1CCCC1)[C@@H](c1ccncc1)N(C(=O)Cc1cccs1)c1cccc2ccccc12. The Bertz CT molecular complexity index is 1260. The zero-order valence-corrected chi connectivity index (χ0v) is 19.7. The number of rotatable bonds is 7. The maximum absolute atomic E-state index is 13.9. The van der Waals surface area contributed by atoms with Crippen molar-refractivity contribution in [3.8, 4) is 0 Å². The Labute approximate surface area is 203 Å². The molecule has 1 aliphatic rings. The molecule has 2 heterocycles. The Kier molecular flexibility index (Phi) is 6.67. The Morgan fingerprint density at radius 1 is 0.971 bits per heavy atom. The predicted molar refractivity (Wildman–Crippen MR) is 137 cm³/mol. The summed E-state index contributed by atoms with van der Waals surface area (Å²) in [5, 5.41) is 7.18. The molecule has 0 aliphatic heterocycles. The van der Waals surface area contributed by atoms with Crippen LogP contribution in [0, 0.1) is 0 Å². The minimum atomic E-state index is -0.790. The molecule has 2 aromatic carbocycles. The smallest absolute Gasteiger partial charge is 0.248 e. The molecular weight excluding hydrogens is 442 g/mol. The molecule has 172 valence electrons. The molecule has 0 unspecified atom stereocenters. The van der Waals surface area contributed by atoms with Crippen molar-refractivity contribution >= 4 is 39.6 Å². The van der Waals surface area contributed by atoms with Crippen LogP contribution in [0.5, 0.6) is 0 Å². The highest BCUT2D eigenvalue weighted by molar-refractivity contribution is 7.10. The molecule has 1 atom stereocenters. The van der Waals surface area contributed by atoms with Crippen molar-refractivity contribution in [2.45, 2.75) is 44.2 Å². The molecule has 1 N–H and O–H groups in total. The van der Waals surface area contributed by atoms with Crippen LogP contribution in [-0.2, 0) is 16.0 Å². The van der Waals surface area contributed by atoms with Crippen molar-refractivity contribution in [3.05, 3.63) is 94.9 Å². The van der Waals surface area contributed by atoms with E-state index in [-0.39, 0.29) is 24.3 Å². The third kappa shape index (κ3) is 4.73. The van der Waals surface area contributed by atoms with Crippen molar-refractivity contribution in [1.82, 2.24) is 10.3 Å². The zero-order valence-electron chi connectivity index (χ0n) is 18.9. The Morgan fingerprint density at radius 2 is 1.74 bits per heavy atom. The molecular formula is C28H27N3O2S. The van der Waals surface area contributed by atoms with Crippen molar-refractivity contribution < 1.29 is 9.59 Å². The van der Waals surface area contributed by atoms with Crippen LogP contribution < -0.4 is 10.2 Å². The number of nitrogens with one attached hydrogen (secondary N) is 1. The number of aromatic nitrogens is 1. The van der Waals surface area contributed by atoms with Crippen LogP contribution in [-0.4, -0.2) is 22.8 Å². The van der Waals surface area contributed by atoms with E-state index in [0.29, 0.717) is 0 Å². The van der Waals surface area contributed by atoms with Gasteiger partial charge in [-0.2, -0.15) is 0 Å².